The number of aryl methyl sites for hydroxylation is 3. The fourth-order valence-electron chi connectivity index (χ4n) is 4.77. The van der Waals surface area contributed by atoms with Gasteiger partial charge in [-0.25, -0.2) is 4.39 Å². The van der Waals surface area contributed by atoms with Gasteiger partial charge in [0.1, 0.15) is 17.1 Å². The van der Waals surface area contributed by atoms with Gasteiger partial charge < -0.3 is 9.42 Å². The molecule has 2 bridgehead atoms. The Morgan fingerprint density at radius 1 is 1.27 bits per heavy atom. The predicted octanol–water partition coefficient (Wildman–Crippen LogP) is 4.54. The Bertz CT molecular complexity index is 831. The van der Waals surface area contributed by atoms with Crippen LogP contribution in [0.15, 0.2) is 22.7 Å². The number of halogens is 1. The molecule has 2 aromatic rings. The number of piperidine rings is 1. The summed E-state index contributed by atoms with van der Waals surface area (Å²) < 4.78 is 18.9. The van der Waals surface area contributed by atoms with Crippen LogP contribution in [0.5, 0.6) is 0 Å². The molecule has 0 spiro atoms. The van der Waals surface area contributed by atoms with E-state index in [0.29, 0.717) is 29.2 Å². The minimum Gasteiger partial charge on any atom is -0.361 e. The van der Waals surface area contributed by atoms with Crippen LogP contribution in [0, 0.1) is 19.7 Å². The Balaban J connectivity index is 1.58. The van der Waals surface area contributed by atoms with Crippen LogP contribution < -0.4 is 0 Å². The second kappa shape index (κ2) is 6.53. The van der Waals surface area contributed by atoms with E-state index >= 15 is 0 Å². The molecule has 2 aliphatic rings. The second-order valence-corrected chi connectivity index (χ2v) is 7.69. The van der Waals surface area contributed by atoms with Crippen molar-refractivity contribution < 1.29 is 13.7 Å². The lowest BCUT2D eigenvalue weighted by Gasteiger charge is -2.39. The second-order valence-electron chi connectivity index (χ2n) is 7.69. The Kier molecular flexibility index (Phi) is 4.33. The molecule has 0 aliphatic carbocycles. The average molecular weight is 356 g/mol. The van der Waals surface area contributed by atoms with Crippen LogP contribution in [0.4, 0.5) is 4.39 Å². The van der Waals surface area contributed by atoms with E-state index < -0.39 is 0 Å². The summed E-state index contributed by atoms with van der Waals surface area (Å²) in [5, 5.41) is 4.04. The van der Waals surface area contributed by atoms with Gasteiger partial charge >= 0.3 is 0 Å². The molecule has 3 heterocycles. The number of carbonyl (C=O) groups excluding carboxylic acids is 1. The molecule has 2 fully saturated rings. The van der Waals surface area contributed by atoms with Crippen molar-refractivity contribution in [3.8, 4) is 0 Å². The van der Waals surface area contributed by atoms with E-state index in [1.807, 2.05) is 32.9 Å². The predicted molar refractivity (Wildman–Crippen MR) is 96.7 cm³/mol. The molecular formula is C21H25FN2O2. The third kappa shape index (κ3) is 2.74. The van der Waals surface area contributed by atoms with Gasteiger partial charge in [-0.2, -0.15) is 0 Å². The largest absolute Gasteiger partial charge is 0.361 e. The summed E-state index contributed by atoms with van der Waals surface area (Å²) in [7, 11) is 0. The SMILES string of the molecule is CCc1noc(C)c1C(=O)N1C2CCC1CC(c1ccc(F)c(C)c1)C2. The lowest BCUT2D eigenvalue weighted by atomic mass is 9.84. The monoisotopic (exact) mass is 356 g/mol. The van der Waals surface area contributed by atoms with E-state index in [1.54, 1.807) is 6.07 Å². The van der Waals surface area contributed by atoms with Gasteiger partial charge in [0, 0.05) is 12.1 Å². The van der Waals surface area contributed by atoms with Gasteiger partial charge in [-0.1, -0.05) is 24.2 Å². The third-order valence-electron chi connectivity index (χ3n) is 6.10. The summed E-state index contributed by atoms with van der Waals surface area (Å²) in [5.74, 6) is 0.925. The number of nitrogens with zero attached hydrogens (tertiary/aromatic N) is 2. The maximum Gasteiger partial charge on any atom is 0.259 e. The maximum absolute atomic E-state index is 13.6. The molecule has 4 nitrogen and oxygen atoms in total. The molecule has 4 rings (SSSR count). The number of fused-ring (bicyclic) bond motifs is 2. The van der Waals surface area contributed by atoms with E-state index in [-0.39, 0.29) is 23.8 Å². The molecule has 5 heteroatoms. The van der Waals surface area contributed by atoms with Crippen molar-refractivity contribution in [3.05, 3.63) is 52.2 Å². The molecule has 0 radical (unpaired) electrons. The fraction of sp³-hybridized carbons (Fsp3) is 0.524. The quantitative estimate of drug-likeness (QED) is 0.811. The molecule has 2 unspecified atom stereocenters. The highest BCUT2D eigenvalue weighted by Gasteiger charge is 2.44. The van der Waals surface area contributed by atoms with Crippen LogP contribution in [0.3, 0.4) is 0 Å². The number of hydrogen-bond acceptors (Lipinski definition) is 3. The molecular weight excluding hydrogens is 331 g/mol. The highest BCUT2D eigenvalue weighted by Crippen LogP contribution is 2.44. The summed E-state index contributed by atoms with van der Waals surface area (Å²) in [5.41, 5.74) is 3.30. The number of carbonyl (C=O) groups is 1. The number of rotatable bonds is 3. The lowest BCUT2D eigenvalue weighted by Crippen LogP contribution is -2.46. The molecule has 2 aliphatic heterocycles. The minimum absolute atomic E-state index is 0.0711. The summed E-state index contributed by atoms with van der Waals surface area (Å²) in [4.78, 5) is 15.3. The van der Waals surface area contributed by atoms with E-state index in [2.05, 4.69) is 10.1 Å². The molecule has 0 N–H and O–H groups in total. The van der Waals surface area contributed by atoms with E-state index in [9.17, 15) is 9.18 Å². The highest BCUT2D eigenvalue weighted by molar-refractivity contribution is 5.96. The van der Waals surface area contributed by atoms with Crippen LogP contribution in [0.1, 0.15) is 71.5 Å². The van der Waals surface area contributed by atoms with Gasteiger partial charge in [-0.15, -0.1) is 0 Å². The Hall–Kier alpha value is -2.17. The van der Waals surface area contributed by atoms with Crippen molar-refractivity contribution in [2.24, 2.45) is 0 Å². The molecule has 1 aromatic heterocycles. The zero-order valence-electron chi connectivity index (χ0n) is 15.6. The van der Waals surface area contributed by atoms with Gasteiger partial charge in [-0.3, -0.25) is 4.79 Å². The van der Waals surface area contributed by atoms with E-state index in [4.69, 9.17) is 4.52 Å². The average Bonchev–Trinajstić information content (AvgIpc) is 3.13. The van der Waals surface area contributed by atoms with Crippen LogP contribution >= 0.6 is 0 Å². The number of benzene rings is 1. The first-order valence-corrected chi connectivity index (χ1v) is 9.53. The zero-order valence-corrected chi connectivity index (χ0v) is 15.6. The standard InChI is InChI=1S/C21H25FN2O2/c1-4-19-20(13(3)26-23-19)21(25)24-16-6-7-17(24)11-15(10-16)14-5-8-18(22)12(2)9-14/h5,8-9,15-17H,4,6-7,10-11H2,1-3H3. The van der Waals surface area contributed by atoms with Crippen LogP contribution in [-0.2, 0) is 6.42 Å². The summed E-state index contributed by atoms with van der Waals surface area (Å²) in [6, 6.07) is 5.93. The van der Waals surface area contributed by atoms with Gasteiger partial charge in [0.15, 0.2) is 0 Å². The zero-order chi connectivity index (χ0) is 18.4. The molecule has 2 atom stereocenters. The first-order chi connectivity index (χ1) is 12.5. The minimum atomic E-state index is -0.153. The molecule has 138 valence electrons. The van der Waals surface area contributed by atoms with Crippen molar-refractivity contribution in [1.29, 1.82) is 0 Å². The van der Waals surface area contributed by atoms with Crippen LogP contribution in [0.25, 0.3) is 0 Å². The van der Waals surface area contributed by atoms with Gasteiger partial charge in [0.05, 0.1) is 5.69 Å². The first-order valence-electron chi connectivity index (χ1n) is 9.53. The van der Waals surface area contributed by atoms with Gasteiger partial charge in [0.25, 0.3) is 5.91 Å². The summed E-state index contributed by atoms with van der Waals surface area (Å²) in [6.45, 7) is 5.62. The molecule has 2 saturated heterocycles. The molecule has 1 amide bonds. The van der Waals surface area contributed by atoms with Crippen LogP contribution in [0.2, 0.25) is 0 Å². The number of amides is 1. The van der Waals surface area contributed by atoms with Crippen molar-refractivity contribution in [1.82, 2.24) is 10.1 Å². The highest BCUT2D eigenvalue weighted by atomic mass is 19.1. The number of hydrogen-bond donors (Lipinski definition) is 0. The molecule has 1 aromatic carbocycles. The Morgan fingerprint density at radius 3 is 2.58 bits per heavy atom. The van der Waals surface area contributed by atoms with Crippen molar-refractivity contribution in [2.45, 2.75) is 70.9 Å². The maximum atomic E-state index is 13.6. The van der Waals surface area contributed by atoms with Crippen molar-refractivity contribution >= 4 is 5.91 Å². The van der Waals surface area contributed by atoms with E-state index in [1.165, 1.54) is 5.56 Å². The Morgan fingerprint density at radius 2 is 1.96 bits per heavy atom. The topological polar surface area (TPSA) is 46.3 Å². The van der Waals surface area contributed by atoms with Gasteiger partial charge in [0.2, 0.25) is 0 Å². The van der Waals surface area contributed by atoms with Crippen molar-refractivity contribution in [3.63, 3.8) is 0 Å². The fourth-order valence-corrected chi connectivity index (χ4v) is 4.77. The normalized spacial score (nSPS) is 24.9. The molecule has 0 saturated carbocycles. The first kappa shape index (κ1) is 17.3. The number of aromatic nitrogens is 1. The lowest BCUT2D eigenvalue weighted by molar-refractivity contribution is 0.0568. The van der Waals surface area contributed by atoms with Crippen molar-refractivity contribution in [2.75, 3.05) is 0 Å². The van der Waals surface area contributed by atoms with Crippen LogP contribution in [-0.4, -0.2) is 28.0 Å². The summed E-state index contributed by atoms with van der Waals surface area (Å²) >= 11 is 0. The van der Waals surface area contributed by atoms with Gasteiger partial charge in [-0.05, 0) is 69.1 Å². The van der Waals surface area contributed by atoms with E-state index in [0.717, 1.165) is 31.4 Å². The third-order valence-corrected chi connectivity index (χ3v) is 6.10. The Labute approximate surface area is 153 Å². The molecule has 26 heavy (non-hydrogen) atoms. The smallest absolute Gasteiger partial charge is 0.259 e. The summed E-state index contributed by atoms with van der Waals surface area (Å²) in [6.07, 6.45) is 4.66.